The molecule has 0 bridgehead atoms. The number of fused-ring (bicyclic) bond motifs is 1. The fourth-order valence-electron chi connectivity index (χ4n) is 2.55. The van der Waals surface area contributed by atoms with Crippen LogP contribution in [-0.2, 0) is 4.74 Å². The van der Waals surface area contributed by atoms with Gasteiger partial charge in [0.1, 0.15) is 11.2 Å². The first-order valence-electron chi connectivity index (χ1n) is 8.04. The predicted octanol–water partition coefficient (Wildman–Crippen LogP) is 4.07. The summed E-state index contributed by atoms with van der Waals surface area (Å²) in [7, 11) is 0. The molecule has 7 nitrogen and oxygen atoms in total. The highest BCUT2D eigenvalue weighted by atomic mass is 16.6. The molecule has 0 saturated carbocycles. The van der Waals surface area contributed by atoms with E-state index in [9.17, 15) is 14.7 Å². The van der Waals surface area contributed by atoms with Crippen molar-refractivity contribution in [3.05, 3.63) is 54.4 Å². The van der Waals surface area contributed by atoms with Crippen LogP contribution >= 0.6 is 0 Å². The topological polar surface area (TPSA) is 93.5 Å². The van der Waals surface area contributed by atoms with Crippen molar-refractivity contribution < 1.29 is 19.4 Å². The zero-order valence-electron chi connectivity index (χ0n) is 14.7. The van der Waals surface area contributed by atoms with Crippen LogP contribution in [0, 0.1) is 0 Å². The van der Waals surface area contributed by atoms with Crippen molar-refractivity contribution in [3.63, 3.8) is 0 Å². The normalized spacial score (nSPS) is 11.3. The molecule has 0 unspecified atom stereocenters. The number of carbonyl (C=O) groups is 2. The average Bonchev–Trinajstić information content (AvgIpc) is 2.96. The van der Waals surface area contributed by atoms with Crippen LogP contribution in [0.15, 0.2) is 48.8 Å². The molecule has 0 aliphatic heterocycles. The summed E-state index contributed by atoms with van der Waals surface area (Å²) in [5.74, 6) is -1.08. The van der Waals surface area contributed by atoms with Gasteiger partial charge in [-0.2, -0.15) is 0 Å². The summed E-state index contributed by atoms with van der Waals surface area (Å²) in [5.41, 5.74) is 1.00. The highest BCUT2D eigenvalue weighted by Gasteiger charge is 2.19. The summed E-state index contributed by atoms with van der Waals surface area (Å²) in [4.78, 5) is 27.9. The first kappa shape index (κ1) is 17.5. The van der Waals surface area contributed by atoms with Crippen LogP contribution in [0.2, 0.25) is 0 Å². The summed E-state index contributed by atoms with van der Waals surface area (Å²) in [6, 6.07) is 10.2. The lowest BCUT2D eigenvalue weighted by atomic mass is 10.1. The van der Waals surface area contributed by atoms with Crippen LogP contribution in [0.1, 0.15) is 31.1 Å². The second kappa shape index (κ2) is 6.51. The van der Waals surface area contributed by atoms with Crippen molar-refractivity contribution in [2.75, 3.05) is 5.32 Å². The first-order chi connectivity index (χ1) is 12.2. The van der Waals surface area contributed by atoms with Crippen LogP contribution in [0.25, 0.3) is 16.7 Å². The maximum absolute atomic E-state index is 12.2. The Morgan fingerprint density at radius 1 is 1.19 bits per heavy atom. The van der Waals surface area contributed by atoms with E-state index in [1.165, 1.54) is 12.1 Å². The number of pyridine rings is 1. The molecule has 134 valence electrons. The summed E-state index contributed by atoms with van der Waals surface area (Å²) in [6.07, 6.45) is 2.82. The van der Waals surface area contributed by atoms with Crippen molar-refractivity contribution in [3.8, 4) is 5.69 Å². The number of ether oxygens (including phenoxy) is 1. The number of aromatic carboxylic acids is 1. The lowest BCUT2D eigenvalue weighted by Crippen LogP contribution is -2.27. The van der Waals surface area contributed by atoms with Gasteiger partial charge in [0.05, 0.1) is 16.9 Å². The molecule has 0 aliphatic rings. The first-order valence-corrected chi connectivity index (χ1v) is 8.04. The maximum atomic E-state index is 12.2. The smallest absolute Gasteiger partial charge is 0.412 e. The van der Waals surface area contributed by atoms with Gasteiger partial charge in [-0.05, 0) is 57.2 Å². The van der Waals surface area contributed by atoms with Gasteiger partial charge >= 0.3 is 12.1 Å². The predicted molar refractivity (Wildman–Crippen MR) is 97.9 cm³/mol. The van der Waals surface area contributed by atoms with E-state index in [1.54, 1.807) is 37.6 Å². The van der Waals surface area contributed by atoms with Gasteiger partial charge in [-0.3, -0.25) is 9.88 Å². The minimum absolute atomic E-state index is 0.0595. The monoisotopic (exact) mass is 353 g/mol. The number of anilines is 1. The molecule has 2 heterocycles. The van der Waals surface area contributed by atoms with Gasteiger partial charge in [-0.25, -0.2) is 14.6 Å². The number of rotatable bonds is 3. The molecule has 26 heavy (non-hydrogen) atoms. The molecule has 2 aromatic heterocycles. The minimum atomic E-state index is -1.08. The summed E-state index contributed by atoms with van der Waals surface area (Å²) in [6.45, 7) is 5.26. The van der Waals surface area contributed by atoms with Gasteiger partial charge in [0.25, 0.3) is 0 Å². The van der Waals surface area contributed by atoms with Crippen molar-refractivity contribution >= 4 is 28.8 Å². The van der Waals surface area contributed by atoms with Crippen molar-refractivity contribution in [1.29, 1.82) is 0 Å². The van der Waals surface area contributed by atoms with E-state index in [-0.39, 0.29) is 5.56 Å². The molecule has 3 aromatic rings. The number of nitrogens with one attached hydrogen (secondary N) is 1. The van der Waals surface area contributed by atoms with Crippen LogP contribution in [0.5, 0.6) is 0 Å². The van der Waals surface area contributed by atoms with Gasteiger partial charge in [0, 0.05) is 17.8 Å². The molecule has 1 amide bonds. The largest absolute Gasteiger partial charge is 0.478 e. The third-order valence-electron chi connectivity index (χ3n) is 3.59. The Hall–Kier alpha value is -3.35. The Bertz CT molecular complexity index is 986. The molecule has 0 spiro atoms. The van der Waals surface area contributed by atoms with E-state index < -0.39 is 17.7 Å². The fourth-order valence-corrected chi connectivity index (χ4v) is 2.55. The van der Waals surface area contributed by atoms with Gasteiger partial charge in [-0.15, -0.1) is 0 Å². The molecule has 0 radical (unpaired) electrons. The number of nitrogens with zero attached hydrogens (tertiary/aromatic N) is 2. The summed E-state index contributed by atoms with van der Waals surface area (Å²) >= 11 is 0. The number of aromatic nitrogens is 2. The number of amides is 1. The lowest BCUT2D eigenvalue weighted by Gasteiger charge is -2.21. The quantitative estimate of drug-likeness (QED) is 0.740. The third kappa shape index (κ3) is 3.66. The second-order valence-electron chi connectivity index (χ2n) is 6.77. The van der Waals surface area contributed by atoms with E-state index in [2.05, 4.69) is 10.3 Å². The molecule has 7 heteroatoms. The Morgan fingerprint density at radius 2 is 1.96 bits per heavy atom. The highest BCUT2D eigenvalue weighted by Crippen LogP contribution is 2.27. The van der Waals surface area contributed by atoms with E-state index >= 15 is 0 Å². The van der Waals surface area contributed by atoms with Crippen molar-refractivity contribution in [2.24, 2.45) is 0 Å². The second-order valence-corrected chi connectivity index (χ2v) is 6.77. The SMILES string of the molecule is CC(C)(C)OC(=O)Nc1cc(C(=O)O)ccc1-n1ccc2cccnc21. The van der Waals surface area contributed by atoms with E-state index in [4.69, 9.17) is 4.74 Å². The zero-order valence-corrected chi connectivity index (χ0v) is 14.7. The average molecular weight is 353 g/mol. The molecule has 3 rings (SSSR count). The molecule has 0 atom stereocenters. The van der Waals surface area contributed by atoms with Gasteiger partial charge < -0.3 is 9.84 Å². The van der Waals surface area contributed by atoms with Crippen LogP contribution in [-0.4, -0.2) is 32.3 Å². The number of carboxylic acids is 1. The number of hydrogen-bond donors (Lipinski definition) is 2. The standard InChI is InChI=1S/C19H19N3O4/c1-19(2,3)26-18(25)21-14-11-13(17(23)24)6-7-15(14)22-10-8-12-5-4-9-20-16(12)22/h4-11H,1-3H3,(H,21,25)(H,23,24). The minimum Gasteiger partial charge on any atom is -0.478 e. The maximum Gasteiger partial charge on any atom is 0.412 e. The highest BCUT2D eigenvalue weighted by molar-refractivity contribution is 5.94. The summed E-state index contributed by atoms with van der Waals surface area (Å²) < 4.78 is 7.06. The van der Waals surface area contributed by atoms with Crippen LogP contribution < -0.4 is 5.32 Å². The van der Waals surface area contributed by atoms with E-state index in [0.29, 0.717) is 17.0 Å². The summed E-state index contributed by atoms with van der Waals surface area (Å²) in [5, 5.41) is 12.8. The van der Waals surface area contributed by atoms with Crippen LogP contribution in [0.3, 0.4) is 0 Å². The van der Waals surface area contributed by atoms with Crippen LogP contribution in [0.4, 0.5) is 10.5 Å². The molecule has 0 fully saturated rings. The van der Waals surface area contributed by atoms with Crippen molar-refractivity contribution in [1.82, 2.24) is 9.55 Å². The zero-order chi connectivity index (χ0) is 18.9. The fraction of sp³-hybridized carbons (Fsp3) is 0.211. The van der Waals surface area contributed by atoms with Gasteiger partial charge in [0.15, 0.2) is 0 Å². The third-order valence-corrected chi connectivity index (χ3v) is 3.59. The lowest BCUT2D eigenvalue weighted by molar-refractivity contribution is 0.0632. The number of hydrogen-bond acceptors (Lipinski definition) is 4. The number of carbonyl (C=O) groups excluding carboxylic acids is 1. The Labute approximate surface area is 150 Å². The number of benzene rings is 1. The molecular weight excluding hydrogens is 334 g/mol. The molecule has 1 aromatic carbocycles. The van der Waals surface area contributed by atoms with Gasteiger partial charge in [0.2, 0.25) is 0 Å². The molecule has 2 N–H and O–H groups in total. The van der Waals surface area contributed by atoms with E-state index in [0.717, 1.165) is 5.39 Å². The number of carboxylic acid groups (broad SMARTS) is 1. The van der Waals surface area contributed by atoms with E-state index in [1.807, 2.05) is 24.4 Å². The molecule has 0 aliphatic carbocycles. The molecule has 0 saturated heterocycles. The Morgan fingerprint density at radius 3 is 2.65 bits per heavy atom. The van der Waals surface area contributed by atoms with Gasteiger partial charge in [-0.1, -0.05) is 0 Å². The van der Waals surface area contributed by atoms with Crippen molar-refractivity contribution in [2.45, 2.75) is 26.4 Å². The Kier molecular flexibility index (Phi) is 4.38. The Balaban J connectivity index is 2.07. The molecular formula is C19H19N3O4.